The summed E-state index contributed by atoms with van der Waals surface area (Å²) in [5.41, 5.74) is -1.29. The monoisotopic (exact) mass is 351 g/mol. The van der Waals surface area contributed by atoms with Crippen LogP contribution in [0.25, 0.3) is 0 Å². The molecular formula is C15H14F5NO3. The standard InChI is InChI=1S/C15H14F5NO3/c1-3-24-13(14(16,17)15(18,19)20)11(8-21)12(22)9-4-6-10(23-2)7-5-9/h4-7,12,22H,3H2,1-2H3/b13-11+. The van der Waals surface area contributed by atoms with E-state index in [2.05, 4.69) is 4.74 Å². The number of halogens is 5. The van der Waals surface area contributed by atoms with Gasteiger partial charge in [-0.3, -0.25) is 0 Å². The average Bonchev–Trinajstić information content (AvgIpc) is 2.53. The van der Waals surface area contributed by atoms with E-state index in [4.69, 9.17) is 10.00 Å². The van der Waals surface area contributed by atoms with Crippen LogP contribution in [0.4, 0.5) is 22.0 Å². The van der Waals surface area contributed by atoms with Crippen molar-refractivity contribution < 1.29 is 36.5 Å². The maximum absolute atomic E-state index is 13.6. The Morgan fingerprint density at radius 3 is 2.12 bits per heavy atom. The highest BCUT2D eigenvalue weighted by Crippen LogP contribution is 2.44. The molecule has 0 bridgehead atoms. The zero-order valence-corrected chi connectivity index (χ0v) is 12.7. The molecule has 0 aromatic heterocycles. The summed E-state index contributed by atoms with van der Waals surface area (Å²) in [7, 11) is 1.36. The Bertz CT molecular complexity index is 632. The minimum Gasteiger partial charge on any atom is -0.497 e. The van der Waals surface area contributed by atoms with Crippen molar-refractivity contribution in [2.75, 3.05) is 13.7 Å². The molecule has 0 fully saturated rings. The molecule has 1 atom stereocenters. The number of aliphatic hydroxyl groups is 1. The van der Waals surface area contributed by atoms with Gasteiger partial charge in [-0.2, -0.15) is 27.2 Å². The number of nitriles is 1. The minimum atomic E-state index is -5.97. The van der Waals surface area contributed by atoms with Crippen LogP contribution >= 0.6 is 0 Å². The second-order valence-electron chi connectivity index (χ2n) is 4.54. The van der Waals surface area contributed by atoms with E-state index in [0.29, 0.717) is 5.75 Å². The minimum absolute atomic E-state index is 0.0671. The van der Waals surface area contributed by atoms with Gasteiger partial charge in [0.25, 0.3) is 0 Å². The number of alkyl halides is 5. The SMILES string of the molecule is CCO/C(=C(\C#N)C(O)c1ccc(OC)cc1)C(F)(F)C(F)(F)F. The molecule has 1 N–H and O–H groups in total. The summed E-state index contributed by atoms with van der Waals surface area (Å²) in [5.74, 6) is -6.95. The summed E-state index contributed by atoms with van der Waals surface area (Å²) < 4.78 is 74.3. The molecule has 4 nitrogen and oxygen atoms in total. The summed E-state index contributed by atoms with van der Waals surface area (Å²) in [6.45, 7) is 0.642. The molecule has 0 aliphatic rings. The van der Waals surface area contributed by atoms with Crippen LogP contribution < -0.4 is 4.74 Å². The number of methoxy groups -OCH3 is 1. The van der Waals surface area contributed by atoms with Crippen LogP contribution in [-0.4, -0.2) is 30.9 Å². The predicted molar refractivity (Wildman–Crippen MR) is 73.2 cm³/mol. The molecule has 1 unspecified atom stereocenters. The third kappa shape index (κ3) is 3.94. The van der Waals surface area contributed by atoms with E-state index in [-0.39, 0.29) is 5.56 Å². The van der Waals surface area contributed by atoms with E-state index in [1.165, 1.54) is 44.4 Å². The molecule has 0 aliphatic heterocycles. The molecule has 0 amide bonds. The number of nitrogens with zero attached hydrogens (tertiary/aromatic N) is 1. The summed E-state index contributed by atoms with van der Waals surface area (Å²) in [6.07, 6.45) is -7.99. The highest BCUT2D eigenvalue weighted by Gasteiger charge is 2.63. The molecule has 0 spiro atoms. The van der Waals surface area contributed by atoms with Crippen LogP contribution in [0.5, 0.6) is 5.75 Å². The molecule has 0 aliphatic carbocycles. The van der Waals surface area contributed by atoms with E-state index in [0.717, 1.165) is 0 Å². The fourth-order valence-corrected chi connectivity index (χ4v) is 1.80. The van der Waals surface area contributed by atoms with Crippen molar-refractivity contribution in [1.29, 1.82) is 5.26 Å². The number of rotatable bonds is 6. The van der Waals surface area contributed by atoms with Crippen LogP contribution in [0, 0.1) is 11.3 Å². The maximum atomic E-state index is 13.6. The Kier molecular flexibility index (Phi) is 6.15. The Labute approximate surface area is 134 Å². The molecule has 132 valence electrons. The number of aliphatic hydroxyl groups excluding tert-OH is 1. The van der Waals surface area contributed by atoms with E-state index in [1.807, 2.05) is 0 Å². The number of allylic oxidation sites excluding steroid dienone is 1. The second-order valence-corrected chi connectivity index (χ2v) is 4.54. The van der Waals surface area contributed by atoms with Crippen LogP contribution in [0.2, 0.25) is 0 Å². The Balaban J connectivity index is 3.43. The lowest BCUT2D eigenvalue weighted by Gasteiger charge is -2.25. The highest BCUT2D eigenvalue weighted by atomic mass is 19.4. The number of benzene rings is 1. The van der Waals surface area contributed by atoms with E-state index < -0.39 is 36.1 Å². The van der Waals surface area contributed by atoms with Gasteiger partial charge in [-0.05, 0) is 24.6 Å². The quantitative estimate of drug-likeness (QED) is 0.482. The van der Waals surface area contributed by atoms with Crippen molar-refractivity contribution in [1.82, 2.24) is 0 Å². The van der Waals surface area contributed by atoms with Crippen LogP contribution in [0.3, 0.4) is 0 Å². The molecule has 24 heavy (non-hydrogen) atoms. The number of hydrogen-bond acceptors (Lipinski definition) is 4. The van der Waals surface area contributed by atoms with Gasteiger partial charge in [-0.1, -0.05) is 12.1 Å². The molecule has 1 aromatic carbocycles. The lowest BCUT2D eigenvalue weighted by atomic mass is 9.99. The van der Waals surface area contributed by atoms with Gasteiger partial charge in [0, 0.05) is 0 Å². The van der Waals surface area contributed by atoms with Gasteiger partial charge in [0.05, 0.1) is 13.7 Å². The molecule has 0 radical (unpaired) electrons. The van der Waals surface area contributed by atoms with E-state index in [1.54, 1.807) is 0 Å². The molecule has 0 saturated carbocycles. The first-order valence-electron chi connectivity index (χ1n) is 6.64. The first kappa shape index (κ1) is 19.7. The first-order valence-corrected chi connectivity index (χ1v) is 6.64. The van der Waals surface area contributed by atoms with Crippen LogP contribution in [0.1, 0.15) is 18.6 Å². The third-order valence-electron chi connectivity index (χ3n) is 3.00. The van der Waals surface area contributed by atoms with Gasteiger partial charge in [-0.15, -0.1) is 0 Å². The zero-order chi connectivity index (χ0) is 18.5. The van der Waals surface area contributed by atoms with Gasteiger partial charge in [0.1, 0.15) is 23.5 Å². The zero-order valence-electron chi connectivity index (χ0n) is 12.7. The van der Waals surface area contributed by atoms with Crippen LogP contribution in [-0.2, 0) is 4.74 Å². The van der Waals surface area contributed by atoms with Crippen LogP contribution in [0.15, 0.2) is 35.6 Å². The van der Waals surface area contributed by atoms with Crippen molar-refractivity contribution in [3.05, 3.63) is 41.2 Å². The fraction of sp³-hybridized carbons (Fsp3) is 0.400. The smallest absolute Gasteiger partial charge is 0.461 e. The predicted octanol–water partition coefficient (Wildman–Crippen LogP) is 3.74. The first-order chi connectivity index (χ1) is 11.1. The molecule has 9 heteroatoms. The van der Waals surface area contributed by atoms with Crippen molar-refractivity contribution in [3.63, 3.8) is 0 Å². The lowest BCUT2D eigenvalue weighted by Crippen LogP contribution is -2.40. The molecule has 0 saturated heterocycles. The Hall–Kier alpha value is -2.34. The lowest BCUT2D eigenvalue weighted by molar-refractivity contribution is -0.277. The van der Waals surface area contributed by atoms with Crippen molar-refractivity contribution >= 4 is 0 Å². The fourth-order valence-electron chi connectivity index (χ4n) is 1.80. The van der Waals surface area contributed by atoms with Gasteiger partial charge in [-0.25, -0.2) is 0 Å². The van der Waals surface area contributed by atoms with Crippen molar-refractivity contribution in [3.8, 4) is 11.8 Å². The second kappa shape index (κ2) is 7.49. The van der Waals surface area contributed by atoms with E-state index >= 15 is 0 Å². The van der Waals surface area contributed by atoms with Gasteiger partial charge >= 0.3 is 12.1 Å². The number of ether oxygens (including phenoxy) is 2. The summed E-state index contributed by atoms with van der Waals surface area (Å²) in [5, 5.41) is 19.1. The normalized spacial score (nSPS) is 14.5. The molecule has 0 heterocycles. The summed E-state index contributed by atoms with van der Waals surface area (Å²) >= 11 is 0. The molecular weight excluding hydrogens is 337 g/mol. The van der Waals surface area contributed by atoms with Gasteiger partial charge in [0.15, 0.2) is 5.76 Å². The maximum Gasteiger partial charge on any atom is 0.461 e. The largest absolute Gasteiger partial charge is 0.497 e. The van der Waals surface area contributed by atoms with Crippen molar-refractivity contribution in [2.24, 2.45) is 0 Å². The van der Waals surface area contributed by atoms with E-state index in [9.17, 15) is 27.1 Å². The summed E-state index contributed by atoms with van der Waals surface area (Å²) in [4.78, 5) is 0. The summed E-state index contributed by atoms with van der Waals surface area (Å²) in [6, 6.07) is 6.36. The molecule has 1 rings (SSSR count). The van der Waals surface area contributed by atoms with Crippen molar-refractivity contribution in [2.45, 2.75) is 25.1 Å². The number of hydrogen-bond donors (Lipinski definition) is 1. The third-order valence-corrected chi connectivity index (χ3v) is 3.00. The topological polar surface area (TPSA) is 62.5 Å². The molecule has 1 aromatic rings. The Morgan fingerprint density at radius 2 is 1.75 bits per heavy atom. The average molecular weight is 351 g/mol. The Morgan fingerprint density at radius 1 is 1.21 bits per heavy atom. The van der Waals surface area contributed by atoms with Gasteiger partial charge < -0.3 is 14.6 Å². The van der Waals surface area contributed by atoms with Gasteiger partial charge in [0.2, 0.25) is 0 Å². The highest BCUT2D eigenvalue weighted by molar-refractivity contribution is 5.40.